The minimum atomic E-state index is -1.12. The summed E-state index contributed by atoms with van der Waals surface area (Å²) in [6.07, 6.45) is 6.04. The van der Waals surface area contributed by atoms with Crippen LogP contribution >= 0.6 is 11.8 Å². The van der Waals surface area contributed by atoms with Crippen molar-refractivity contribution in [2.45, 2.75) is 30.2 Å². The molecule has 1 amide bonds. The number of nitrogens with one attached hydrogen (secondary N) is 1. The van der Waals surface area contributed by atoms with Crippen LogP contribution in [0.15, 0.2) is 46.4 Å². The number of halogens is 2. The van der Waals surface area contributed by atoms with Crippen molar-refractivity contribution >= 4 is 28.5 Å². The molecular weight excluding hydrogens is 494 g/mol. The van der Waals surface area contributed by atoms with Crippen LogP contribution in [-0.2, 0) is 16.9 Å². The van der Waals surface area contributed by atoms with Crippen molar-refractivity contribution in [2.24, 2.45) is 16.6 Å². The molecule has 10 nitrogen and oxygen atoms in total. The summed E-state index contributed by atoms with van der Waals surface area (Å²) in [4.78, 5) is 29.2. The third-order valence-electron chi connectivity index (χ3n) is 6.26. The predicted octanol–water partition coefficient (Wildman–Crippen LogP) is 3.26. The largest absolute Gasteiger partial charge is 0.467 e. The second-order valence-corrected chi connectivity index (χ2v) is 10.1. The Morgan fingerprint density at radius 2 is 2.14 bits per heavy atom. The molecule has 36 heavy (non-hydrogen) atoms. The number of benzene rings is 1. The summed E-state index contributed by atoms with van der Waals surface area (Å²) >= 11 is 1.39. The number of amidine groups is 1. The Kier molecular flexibility index (Phi) is 6.12. The highest BCUT2D eigenvalue weighted by atomic mass is 32.2. The van der Waals surface area contributed by atoms with Crippen molar-refractivity contribution < 1.29 is 27.5 Å². The van der Waals surface area contributed by atoms with E-state index < -0.39 is 23.1 Å². The molecule has 188 valence electrons. The lowest BCUT2D eigenvalue weighted by Crippen LogP contribution is -2.38. The predicted molar refractivity (Wildman–Crippen MR) is 126 cm³/mol. The number of ether oxygens (including phenoxy) is 2. The summed E-state index contributed by atoms with van der Waals surface area (Å²) < 4.78 is 45.1. The van der Waals surface area contributed by atoms with E-state index in [0.29, 0.717) is 18.9 Å². The zero-order valence-corrected chi connectivity index (χ0v) is 20.1. The maximum Gasteiger partial charge on any atom is 0.275 e. The quantitative estimate of drug-likeness (QED) is 0.462. The number of rotatable bonds is 8. The van der Waals surface area contributed by atoms with Gasteiger partial charge in [0.25, 0.3) is 5.91 Å². The standard InChI is InChI=1S/C23H22F2N6O4S/c1-22(16-7-23(16,11-33-2)36-21(26)31-22)13-5-12(6-14(24)19(13)25)30-20(32)15-8-29-17(9-28-15)35-10-18-27-3-4-34-18/h3-6,8-9,16H,7,10-11H2,1-2H3,(H2,26,31)(H,30,32)/t16?,22-,23-/m1/s1. The van der Waals surface area contributed by atoms with E-state index in [1.54, 1.807) is 14.0 Å². The maximum absolute atomic E-state index is 15.0. The summed E-state index contributed by atoms with van der Waals surface area (Å²) in [6.45, 7) is 2.17. The molecule has 5 rings (SSSR count). The molecule has 2 aromatic heterocycles. The second kappa shape index (κ2) is 9.13. The number of methoxy groups -OCH3 is 1. The van der Waals surface area contributed by atoms with Gasteiger partial charge in [-0.1, -0.05) is 11.8 Å². The maximum atomic E-state index is 15.0. The van der Waals surface area contributed by atoms with Gasteiger partial charge in [0.05, 0.1) is 35.5 Å². The molecule has 3 aromatic rings. The summed E-state index contributed by atoms with van der Waals surface area (Å²) in [5.41, 5.74) is 4.94. The van der Waals surface area contributed by atoms with E-state index in [1.807, 2.05) is 0 Å². The van der Waals surface area contributed by atoms with Gasteiger partial charge in [-0.05, 0) is 19.4 Å². The van der Waals surface area contributed by atoms with E-state index >= 15 is 4.39 Å². The number of hydrogen-bond acceptors (Lipinski definition) is 10. The molecule has 3 atom stereocenters. The molecule has 0 saturated heterocycles. The van der Waals surface area contributed by atoms with Gasteiger partial charge < -0.3 is 24.9 Å². The number of nitrogens with zero attached hydrogens (tertiary/aromatic N) is 4. The number of anilines is 1. The fourth-order valence-corrected chi connectivity index (χ4v) is 5.97. The normalized spacial score (nSPS) is 24.6. The monoisotopic (exact) mass is 516 g/mol. The SMILES string of the molecule is COC[C@]12CC1[C@@](C)(c1cc(NC(=O)c3cnc(OCc4ncco4)cn3)cc(F)c1F)N=C(N)S2. The van der Waals surface area contributed by atoms with Gasteiger partial charge in [0.2, 0.25) is 11.8 Å². The van der Waals surface area contributed by atoms with Crippen LogP contribution in [0, 0.1) is 17.6 Å². The number of carbonyl (C=O) groups is 1. The Labute approximate surface area is 208 Å². The van der Waals surface area contributed by atoms with Crippen molar-refractivity contribution in [3.8, 4) is 5.88 Å². The van der Waals surface area contributed by atoms with Gasteiger partial charge in [-0.15, -0.1) is 0 Å². The molecule has 0 radical (unpaired) electrons. The van der Waals surface area contributed by atoms with Crippen LogP contribution in [0.1, 0.15) is 35.3 Å². The fourth-order valence-electron chi connectivity index (χ4n) is 4.52. The van der Waals surface area contributed by atoms with Crippen LogP contribution in [0.25, 0.3) is 0 Å². The van der Waals surface area contributed by atoms with Crippen molar-refractivity contribution in [3.63, 3.8) is 0 Å². The molecule has 1 fully saturated rings. The van der Waals surface area contributed by atoms with Gasteiger partial charge in [0, 0.05) is 30.3 Å². The number of amides is 1. The summed E-state index contributed by atoms with van der Waals surface area (Å²) in [6, 6.07) is 2.28. The van der Waals surface area contributed by atoms with Crippen LogP contribution in [0.3, 0.4) is 0 Å². The summed E-state index contributed by atoms with van der Waals surface area (Å²) in [5, 5.41) is 2.82. The molecule has 1 aromatic carbocycles. The Bertz CT molecular complexity index is 1320. The van der Waals surface area contributed by atoms with Gasteiger partial charge in [-0.25, -0.2) is 23.7 Å². The molecule has 1 saturated carbocycles. The average molecular weight is 517 g/mol. The zero-order valence-electron chi connectivity index (χ0n) is 19.3. The molecule has 0 spiro atoms. The Morgan fingerprint density at radius 3 is 2.83 bits per heavy atom. The molecule has 0 bridgehead atoms. The number of carbonyl (C=O) groups excluding carboxylic acids is 1. The van der Waals surface area contributed by atoms with Crippen LogP contribution in [0.5, 0.6) is 5.88 Å². The Morgan fingerprint density at radius 1 is 1.31 bits per heavy atom. The highest BCUT2D eigenvalue weighted by Gasteiger charge is 2.66. The minimum absolute atomic E-state index is 0.00500. The van der Waals surface area contributed by atoms with E-state index in [2.05, 4.69) is 25.3 Å². The molecule has 2 aliphatic rings. The van der Waals surface area contributed by atoms with Gasteiger partial charge in [-0.2, -0.15) is 0 Å². The van der Waals surface area contributed by atoms with E-state index in [1.165, 1.54) is 42.7 Å². The zero-order chi connectivity index (χ0) is 25.5. The minimum Gasteiger partial charge on any atom is -0.467 e. The smallest absolute Gasteiger partial charge is 0.275 e. The molecule has 1 unspecified atom stereocenters. The van der Waals surface area contributed by atoms with Gasteiger partial charge in [-0.3, -0.25) is 9.79 Å². The Balaban J connectivity index is 1.35. The van der Waals surface area contributed by atoms with Gasteiger partial charge >= 0.3 is 0 Å². The summed E-state index contributed by atoms with van der Waals surface area (Å²) in [5.74, 6) is -2.42. The first-order chi connectivity index (χ1) is 17.2. The van der Waals surface area contributed by atoms with Crippen molar-refractivity contribution in [3.05, 3.63) is 65.8 Å². The molecule has 13 heteroatoms. The highest BCUT2D eigenvalue weighted by molar-refractivity contribution is 8.15. The van der Waals surface area contributed by atoms with Crippen LogP contribution in [0.2, 0.25) is 0 Å². The van der Waals surface area contributed by atoms with Crippen LogP contribution in [0.4, 0.5) is 14.5 Å². The van der Waals surface area contributed by atoms with E-state index in [9.17, 15) is 9.18 Å². The fraction of sp³-hybridized carbons (Fsp3) is 0.348. The van der Waals surface area contributed by atoms with Crippen LogP contribution in [-0.4, -0.2) is 44.5 Å². The first kappa shape index (κ1) is 24.1. The number of aromatic nitrogens is 3. The number of aliphatic imine (C=N–C) groups is 1. The van der Waals surface area contributed by atoms with Crippen molar-refractivity contribution in [2.75, 3.05) is 19.0 Å². The summed E-state index contributed by atoms with van der Waals surface area (Å²) in [7, 11) is 1.58. The third-order valence-corrected chi connectivity index (χ3v) is 7.54. The van der Waals surface area contributed by atoms with Crippen molar-refractivity contribution in [1.29, 1.82) is 0 Å². The van der Waals surface area contributed by atoms with Gasteiger partial charge in [0.15, 0.2) is 23.4 Å². The lowest BCUT2D eigenvalue weighted by molar-refractivity contribution is 0.102. The number of oxazole rings is 1. The topological polar surface area (TPSA) is 138 Å². The Hall–Kier alpha value is -3.58. The lowest BCUT2D eigenvalue weighted by Gasteiger charge is -2.34. The number of fused-ring (bicyclic) bond motifs is 1. The molecule has 3 N–H and O–H groups in total. The van der Waals surface area contributed by atoms with E-state index in [0.717, 1.165) is 6.07 Å². The molecule has 1 aliphatic heterocycles. The first-order valence-electron chi connectivity index (χ1n) is 10.9. The number of thioether (sulfide) groups is 1. The van der Waals surface area contributed by atoms with Crippen molar-refractivity contribution in [1.82, 2.24) is 15.0 Å². The molecular formula is C23H22F2N6O4S. The molecule has 3 heterocycles. The van der Waals surface area contributed by atoms with E-state index in [4.69, 9.17) is 19.6 Å². The number of hydrogen-bond donors (Lipinski definition) is 2. The average Bonchev–Trinajstić information content (AvgIpc) is 3.32. The second-order valence-electron chi connectivity index (χ2n) is 8.68. The highest BCUT2D eigenvalue weighted by Crippen LogP contribution is 2.66. The van der Waals surface area contributed by atoms with Gasteiger partial charge in [0.1, 0.15) is 12.0 Å². The third kappa shape index (κ3) is 4.39. The molecule has 1 aliphatic carbocycles. The number of nitrogens with two attached hydrogens (primary N) is 1. The first-order valence-corrected chi connectivity index (χ1v) is 11.7. The van der Waals surface area contributed by atoms with E-state index in [-0.39, 0.29) is 45.3 Å². The lowest BCUT2D eigenvalue weighted by atomic mass is 9.85. The van der Waals surface area contributed by atoms with Crippen LogP contribution < -0.4 is 15.8 Å².